The van der Waals surface area contributed by atoms with Gasteiger partial charge in [0.05, 0.1) is 0 Å². The lowest BCUT2D eigenvalue weighted by Gasteiger charge is -2.34. The molecule has 152 valence electrons. The molecule has 0 atom stereocenters. The van der Waals surface area contributed by atoms with Gasteiger partial charge in [0.15, 0.2) is 13.2 Å². The van der Waals surface area contributed by atoms with Crippen molar-refractivity contribution in [2.45, 2.75) is 13.8 Å². The minimum atomic E-state index is -0.592. The van der Waals surface area contributed by atoms with Crippen LogP contribution in [0.2, 0.25) is 0 Å². The van der Waals surface area contributed by atoms with E-state index in [0.717, 1.165) is 0 Å². The van der Waals surface area contributed by atoms with Gasteiger partial charge in [0.2, 0.25) is 0 Å². The topological polar surface area (TPSA) is 93.2 Å². The van der Waals surface area contributed by atoms with Crippen molar-refractivity contribution < 1.29 is 28.7 Å². The van der Waals surface area contributed by atoms with Gasteiger partial charge in [-0.25, -0.2) is 9.59 Å². The number of piperazine rings is 1. The van der Waals surface area contributed by atoms with E-state index in [9.17, 15) is 19.2 Å². The fraction of sp³-hybridized carbons (Fsp3) is 0.400. The molecule has 2 amide bonds. The molecule has 1 heterocycles. The maximum atomic E-state index is 12.1. The van der Waals surface area contributed by atoms with Crippen molar-refractivity contribution in [3.05, 3.63) is 48.6 Å². The summed E-state index contributed by atoms with van der Waals surface area (Å²) in [5, 5.41) is 0. The van der Waals surface area contributed by atoms with Gasteiger partial charge in [-0.15, -0.1) is 0 Å². The van der Waals surface area contributed by atoms with Crippen molar-refractivity contribution in [1.29, 1.82) is 0 Å². The Labute approximate surface area is 164 Å². The Morgan fingerprint density at radius 1 is 0.679 bits per heavy atom. The van der Waals surface area contributed by atoms with Crippen LogP contribution >= 0.6 is 0 Å². The number of allylic oxidation sites excluding steroid dienone is 6. The first-order valence-corrected chi connectivity index (χ1v) is 8.95. The highest BCUT2D eigenvalue weighted by molar-refractivity contribution is 5.87. The average Bonchev–Trinajstić information content (AvgIpc) is 2.70. The zero-order valence-corrected chi connectivity index (χ0v) is 16.2. The smallest absolute Gasteiger partial charge is 0.331 e. The quantitative estimate of drug-likeness (QED) is 0.349. The third kappa shape index (κ3) is 8.98. The Bertz CT molecular complexity index is 612. The largest absolute Gasteiger partial charge is 0.452 e. The van der Waals surface area contributed by atoms with Gasteiger partial charge in [-0.05, 0) is 13.8 Å². The van der Waals surface area contributed by atoms with Gasteiger partial charge >= 0.3 is 11.9 Å². The summed E-state index contributed by atoms with van der Waals surface area (Å²) in [6.07, 6.45) is 12.4. The highest BCUT2D eigenvalue weighted by Gasteiger charge is 2.25. The van der Waals surface area contributed by atoms with Crippen molar-refractivity contribution in [2.24, 2.45) is 0 Å². The van der Waals surface area contributed by atoms with Gasteiger partial charge in [0, 0.05) is 38.3 Å². The molecule has 0 spiro atoms. The standard InChI is InChI=1S/C20H26N2O6/c1-3-5-7-9-19(25)27-15-17(23)21-11-13-22(14-12-21)18(24)16-28-20(26)10-8-6-4-2/h3-10H,11-16H2,1-2H3. The Balaban J connectivity index is 2.31. The third-order valence-corrected chi connectivity index (χ3v) is 3.73. The maximum Gasteiger partial charge on any atom is 0.331 e. The molecule has 1 aliphatic heterocycles. The van der Waals surface area contributed by atoms with Gasteiger partial charge < -0.3 is 19.3 Å². The summed E-state index contributed by atoms with van der Waals surface area (Å²) in [5.41, 5.74) is 0. The number of ether oxygens (including phenoxy) is 2. The molecule has 8 nitrogen and oxygen atoms in total. The molecule has 0 aromatic rings. The zero-order valence-electron chi connectivity index (χ0n) is 16.2. The number of rotatable bonds is 8. The summed E-state index contributed by atoms with van der Waals surface area (Å²) in [5.74, 6) is -1.82. The molecule has 1 rings (SSSR count). The first-order valence-electron chi connectivity index (χ1n) is 8.95. The van der Waals surface area contributed by atoms with Crippen LogP contribution in [0.1, 0.15) is 13.8 Å². The lowest BCUT2D eigenvalue weighted by Crippen LogP contribution is -2.52. The maximum absolute atomic E-state index is 12.1. The molecule has 0 aromatic carbocycles. The van der Waals surface area contributed by atoms with Gasteiger partial charge in [-0.2, -0.15) is 0 Å². The lowest BCUT2D eigenvalue weighted by molar-refractivity contribution is -0.152. The van der Waals surface area contributed by atoms with E-state index in [-0.39, 0.29) is 25.0 Å². The first kappa shape index (κ1) is 22.9. The molecule has 0 aromatic heterocycles. The van der Waals surface area contributed by atoms with Gasteiger partial charge in [0.25, 0.3) is 11.8 Å². The molecule has 1 saturated heterocycles. The van der Waals surface area contributed by atoms with E-state index >= 15 is 0 Å². The van der Waals surface area contributed by atoms with E-state index in [0.29, 0.717) is 26.2 Å². The molecule has 0 N–H and O–H groups in total. The van der Waals surface area contributed by atoms with Crippen LogP contribution in [-0.4, -0.2) is 72.9 Å². The average molecular weight is 390 g/mol. The highest BCUT2D eigenvalue weighted by Crippen LogP contribution is 2.04. The zero-order chi connectivity index (χ0) is 20.8. The van der Waals surface area contributed by atoms with E-state index in [1.54, 1.807) is 24.3 Å². The van der Waals surface area contributed by atoms with Crippen LogP contribution in [0, 0.1) is 0 Å². The van der Waals surface area contributed by atoms with Crippen LogP contribution in [0.5, 0.6) is 0 Å². The molecular formula is C20H26N2O6. The van der Waals surface area contributed by atoms with E-state index in [1.165, 1.54) is 34.1 Å². The van der Waals surface area contributed by atoms with Crippen molar-refractivity contribution in [1.82, 2.24) is 9.80 Å². The van der Waals surface area contributed by atoms with Crippen molar-refractivity contribution in [3.8, 4) is 0 Å². The summed E-state index contributed by atoms with van der Waals surface area (Å²) in [6.45, 7) is 4.24. The van der Waals surface area contributed by atoms with Crippen LogP contribution < -0.4 is 0 Å². The second kappa shape index (κ2) is 13.1. The monoisotopic (exact) mass is 390 g/mol. The fourth-order valence-corrected chi connectivity index (χ4v) is 2.24. The normalized spacial score (nSPS) is 15.1. The fourth-order valence-electron chi connectivity index (χ4n) is 2.24. The van der Waals surface area contributed by atoms with E-state index in [2.05, 4.69) is 0 Å². The summed E-state index contributed by atoms with van der Waals surface area (Å²) in [7, 11) is 0. The molecule has 0 saturated carbocycles. The number of carbonyl (C=O) groups excluding carboxylic acids is 4. The summed E-state index contributed by atoms with van der Waals surface area (Å²) in [6, 6.07) is 0. The van der Waals surface area contributed by atoms with Crippen molar-refractivity contribution in [3.63, 3.8) is 0 Å². The molecule has 1 fully saturated rings. The van der Waals surface area contributed by atoms with Crippen LogP contribution in [-0.2, 0) is 28.7 Å². The SMILES string of the molecule is CC=CC=CC(=O)OCC(=O)N1CCN(C(=O)COC(=O)C=CC=CC)CC1. The molecule has 28 heavy (non-hydrogen) atoms. The number of carbonyl (C=O) groups is 4. The van der Waals surface area contributed by atoms with Gasteiger partial charge in [-0.1, -0.05) is 36.5 Å². The minimum absolute atomic E-state index is 0.319. The molecule has 0 radical (unpaired) electrons. The molecule has 8 heteroatoms. The third-order valence-electron chi connectivity index (χ3n) is 3.73. The lowest BCUT2D eigenvalue weighted by atomic mass is 10.3. The number of hydrogen-bond acceptors (Lipinski definition) is 6. The molecular weight excluding hydrogens is 364 g/mol. The van der Waals surface area contributed by atoms with Crippen molar-refractivity contribution in [2.75, 3.05) is 39.4 Å². The summed E-state index contributed by atoms with van der Waals surface area (Å²) in [4.78, 5) is 50.1. The first-order chi connectivity index (χ1) is 13.5. The van der Waals surface area contributed by atoms with Crippen LogP contribution in [0.3, 0.4) is 0 Å². The Morgan fingerprint density at radius 2 is 1.04 bits per heavy atom. The molecule has 1 aliphatic rings. The van der Waals surface area contributed by atoms with Crippen LogP contribution in [0.15, 0.2) is 48.6 Å². The van der Waals surface area contributed by atoms with Crippen LogP contribution in [0.4, 0.5) is 0 Å². The van der Waals surface area contributed by atoms with Gasteiger partial charge in [0.1, 0.15) is 0 Å². The number of amides is 2. The summed E-state index contributed by atoms with van der Waals surface area (Å²) >= 11 is 0. The Hall–Kier alpha value is -3.16. The molecule has 0 bridgehead atoms. The highest BCUT2D eigenvalue weighted by atomic mass is 16.5. The number of esters is 2. The summed E-state index contributed by atoms with van der Waals surface area (Å²) < 4.78 is 9.77. The van der Waals surface area contributed by atoms with Gasteiger partial charge in [-0.3, -0.25) is 9.59 Å². The Morgan fingerprint density at radius 3 is 1.36 bits per heavy atom. The molecule has 0 unspecified atom stereocenters. The second-order valence-corrected chi connectivity index (χ2v) is 5.75. The Kier molecular flexibility index (Phi) is 10.7. The number of hydrogen-bond donors (Lipinski definition) is 0. The predicted octanol–water partition coefficient (Wildman–Crippen LogP) is 1.01. The predicted molar refractivity (Wildman–Crippen MR) is 103 cm³/mol. The van der Waals surface area contributed by atoms with Crippen LogP contribution in [0.25, 0.3) is 0 Å². The van der Waals surface area contributed by atoms with E-state index in [4.69, 9.17) is 9.47 Å². The van der Waals surface area contributed by atoms with E-state index in [1.807, 2.05) is 13.8 Å². The van der Waals surface area contributed by atoms with Crippen molar-refractivity contribution >= 4 is 23.8 Å². The van der Waals surface area contributed by atoms with E-state index < -0.39 is 11.9 Å². The molecule has 0 aliphatic carbocycles. The second-order valence-electron chi connectivity index (χ2n) is 5.75. The number of nitrogens with zero attached hydrogens (tertiary/aromatic N) is 2. The minimum Gasteiger partial charge on any atom is -0.452 e.